The van der Waals surface area contributed by atoms with E-state index < -0.39 is 0 Å². The van der Waals surface area contributed by atoms with Crippen molar-refractivity contribution in [2.45, 2.75) is 18.9 Å². The first-order chi connectivity index (χ1) is 15.6. The topological polar surface area (TPSA) is 96.8 Å². The number of hydrogen-bond donors (Lipinski definition) is 3. The van der Waals surface area contributed by atoms with Crippen LogP contribution in [-0.2, 0) is 7.05 Å². The van der Waals surface area contributed by atoms with Crippen molar-refractivity contribution < 1.29 is 4.79 Å². The molecule has 0 bridgehead atoms. The van der Waals surface area contributed by atoms with E-state index in [4.69, 9.17) is 0 Å². The summed E-state index contributed by atoms with van der Waals surface area (Å²) in [6.45, 7) is 1.99. The van der Waals surface area contributed by atoms with Crippen molar-refractivity contribution in [3.63, 3.8) is 0 Å². The average molecular weight is 428 g/mol. The van der Waals surface area contributed by atoms with Crippen molar-refractivity contribution in [3.05, 3.63) is 66.7 Å². The molecule has 5 rings (SSSR count). The largest absolute Gasteiger partial charge is 0.367 e. The molecule has 0 aliphatic carbocycles. The number of rotatable bonds is 5. The lowest BCUT2D eigenvalue weighted by Gasteiger charge is -2.24. The van der Waals surface area contributed by atoms with Crippen LogP contribution in [0.1, 0.15) is 23.2 Å². The molecule has 0 spiro atoms. The summed E-state index contributed by atoms with van der Waals surface area (Å²) < 4.78 is 1.78. The van der Waals surface area contributed by atoms with Crippen LogP contribution in [0.4, 0.5) is 11.6 Å². The SMILES string of the molecule is Cn1cc(-c2ccc3cnc(NC(=O)c4ccnc(NC5CCNCC5)c4)cc3c2)cn1. The fourth-order valence-electron chi connectivity index (χ4n) is 3.97. The number of hydrogen-bond acceptors (Lipinski definition) is 6. The number of fused-ring (bicyclic) bond motifs is 1. The molecule has 1 aromatic carbocycles. The van der Waals surface area contributed by atoms with E-state index >= 15 is 0 Å². The molecule has 0 radical (unpaired) electrons. The minimum Gasteiger partial charge on any atom is -0.367 e. The van der Waals surface area contributed by atoms with Crippen molar-refractivity contribution >= 4 is 28.3 Å². The summed E-state index contributed by atoms with van der Waals surface area (Å²) in [5.41, 5.74) is 2.65. The first-order valence-corrected chi connectivity index (χ1v) is 10.8. The Labute approximate surface area is 186 Å². The van der Waals surface area contributed by atoms with Gasteiger partial charge in [0.25, 0.3) is 5.91 Å². The molecule has 0 saturated carbocycles. The van der Waals surface area contributed by atoms with Crippen LogP contribution in [0.2, 0.25) is 0 Å². The zero-order chi connectivity index (χ0) is 21.9. The molecule has 1 saturated heterocycles. The molecular formula is C24H25N7O. The summed E-state index contributed by atoms with van der Waals surface area (Å²) in [6.07, 6.45) is 9.33. The number of pyridine rings is 2. The fraction of sp³-hybridized carbons (Fsp3) is 0.250. The summed E-state index contributed by atoms with van der Waals surface area (Å²) in [5.74, 6) is 1.02. The van der Waals surface area contributed by atoms with Crippen molar-refractivity contribution in [1.29, 1.82) is 0 Å². The molecule has 1 aliphatic heterocycles. The van der Waals surface area contributed by atoms with Gasteiger partial charge in [-0.1, -0.05) is 12.1 Å². The highest BCUT2D eigenvalue weighted by molar-refractivity contribution is 6.05. The lowest BCUT2D eigenvalue weighted by Crippen LogP contribution is -2.35. The first-order valence-electron chi connectivity index (χ1n) is 10.8. The lowest BCUT2D eigenvalue weighted by molar-refractivity contribution is 0.102. The summed E-state index contributed by atoms with van der Waals surface area (Å²) >= 11 is 0. The fourth-order valence-corrected chi connectivity index (χ4v) is 3.97. The zero-order valence-corrected chi connectivity index (χ0v) is 17.9. The second kappa shape index (κ2) is 8.76. The number of nitrogens with zero attached hydrogens (tertiary/aromatic N) is 4. The van der Waals surface area contributed by atoms with E-state index in [1.54, 1.807) is 29.2 Å². The van der Waals surface area contributed by atoms with Crippen LogP contribution in [0, 0.1) is 0 Å². The van der Waals surface area contributed by atoms with Crippen molar-refractivity contribution in [3.8, 4) is 11.1 Å². The zero-order valence-electron chi connectivity index (χ0n) is 17.9. The van der Waals surface area contributed by atoms with E-state index in [0.717, 1.165) is 53.6 Å². The molecule has 8 nitrogen and oxygen atoms in total. The predicted octanol–water partition coefficient (Wildman–Crippen LogP) is 3.45. The minimum absolute atomic E-state index is 0.212. The number of anilines is 2. The van der Waals surface area contributed by atoms with Gasteiger partial charge in [0.05, 0.1) is 6.20 Å². The molecule has 3 aromatic heterocycles. The lowest BCUT2D eigenvalue weighted by atomic mass is 10.1. The normalized spacial score (nSPS) is 14.4. The maximum atomic E-state index is 12.9. The molecule has 1 aliphatic rings. The van der Waals surface area contributed by atoms with Crippen LogP contribution in [0.15, 0.2) is 61.2 Å². The molecule has 4 heterocycles. The summed E-state index contributed by atoms with van der Waals surface area (Å²) in [5, 5.41) is 15.9. The van der Waals surface area contributed by atoms with Gasteiger partial charge in [-0.2, -0.15) is 5.10 Å². The molecule has 8 heteroatoms. The highest BCUT2D eigenvalue weighted by atomic mass is 16.1. The Morgan fingerprint density at radius 2 is 1.88 bits per heavy atom. The second-order valence-electron chi connectivity index (χ2n) is 8.09. The van der Waals surface area contributed by atoms with Gasteiger partial charge in [0.1, 0.15) is 11.6 Å². The van der Waals surface area contributed by atoms with E-state index in [2.05, 4.69) is 37.1 Å². The van der Waals surface area contributed by atoms with Crippen LogP contribution in [0.3, 0.4) is 0 Å². The molecule has 162 valence electrons. The first kappa shape index (κ1) is 20.1. The molecule has 1 amide bonds. The maximum absolute atomic E-state index is 12.9. The van der Waals surface area contributed by atoms with Crippen LogP contribution < -0.4 is 16.0 Å². The van der Waals surface area contributed by atoms with Gasteiger partial charge in [-0.05, 0) is 61.1 Å². The Kier molecular flexibility index (Phi) is 5.51. The summed E-state index contributed by atoms with van der Waals surface area (Å²) in [4.78, 5) is 21.6. The number of benzene rings is 1. The number of aromatic nitrogens is 4. The number of nitrogens with one attached hydrogen (secondary N) is 3. The molecule has 1 fully saturated rings. The molecule has 3 N–H and O–H groups in total. The molecular weight excluding hydrogens is 402 g/mol. The summed E-state index contributed by atoms with van der Waals surface area (Å²) in [7, 11) is 1.90. The quantitative estimate of drug-likeness (QED) is 0.451. The van der Waals surface area contributed by atoms with E-state index in [1.165, 1.54) is 0 Å². The second-order valence-corrected chi connectivity index (χ2v) is 8.09. The number of aryl methyl sites for hydroxylation is 1. The van der Waals surface area contributed by atoms with E-state index in [1.807, 2.05) is 37.6 Å². The van der Waals surface area contributed by atoms with Gasteiger partial charge in [0, 0.05) is 48.2 Å². The number of carbonyl (C=O) groups excluding carboxylic acids is 1. The number of piperidine rings is 1. The third-order valence-electron chi connectivity index (χ3n) is 5.71. The van der Waals surface area contributed by atoms with E-state index in [9.17, 15) is 4.79 Å². The van der Waals surface area contributed by atoms with Crippen molar-refractivity contribution in [2.75, 3.05) is 23.7 Å². The van der Waals surface area contributed by atoms with Crippen LogP contribution in [-0.4, -0.2) is 44.8 Å². The van der Waals surface area contributed by atoms with Crippen LogP contribution in [0.25, 0.3) is 21.9 Å². The highest BCUT2D eigenvalue weighted by Gasteiger charge is 2.14. The molecule has 32 heavy (non-hydrogen) atoms. The van der Waals surface area contributed by atoms with Crippen LogP contribution in [0.5, 0.6) is 0 Å². The third-order valence-corrected chi connectivity index (χ3v) is 5.71. The standard InChI is InChI=1S/C24H25N7O/c1-31-15-20(14-28-31)16-2-3-18-13-27-23(12-19(18)10-16)30-24(32)17-4-9-26-22(11-17)29-21-5-7-25-8-6-21/h2-4,9-15,21,25H,5-8H2,1H3,(H,26,29)(H,27,30,32). The van der Waals surface area contributed by atoms with Crippen molar-refractivity contribution in [1.82, 2.24) is 25.1 Å². The Morgan fingerprint density at radius 3 is 2.69 bits per heavy atom. The molecule has 0 atom stereocenters. The Balaban J connectivity index is 1.33. The smallest absolute Gasteiger partial charge is 0.257 e. The maximum Gasteiger partial charge on any atom is 0.257 e. The van der Waals surface area contributed by atoms with Gasteiger partial charge in [-0.25, -0.2) is 9.97 Å². The Morgan fingerprint density at radius 1 is 1.00 bits per heavy atom. The van der Waals surface area contributed by atoms with Crippen LogP contribution >= 0.6 is 0 Å². The Hall–Kier alpha value is -3.78. The van der Waals surface area contributed by atoms with E-state index in [0.29, 0.717) is 17.4 Å². The molecule has 4 aromatic rings. The van der Waals surface area contributed by atoms with Crippen molar-refractivity contribution in [2.24, 2.45) is 7.05 Å². The van der Waals surface area contributed by atoms with E-state index in [-0.39, 0.29) is 5.91 Å². The van der Waals surface area contributed by atoms with Gasteiger partial charge >= 0.3 is 0 Å². The van der Waals surface area contributed by atoms with Gasteiger partial charge in [-0.3, -0.25) is 9.48 Å². The third kappa shape index (κ3) is 4.45. The number of amides is 1. The predicted molar refractivity (Wildman–Crippen MR) is 126 cm³/mol. The van der Waals surface area contributed by atoms with Gasteiger partial charge < -0.3 is 16.0 Å². The highest BCUT2D eigenvalue weighted by Crippen LogP contribution is 2.25. The van der Waals surface area contributed by atoms with Gasteiger partial charge in [0.15, 0.2) is 0 Å². The Bertz CT molecular complexity index is 1260. The van der Waals surface area contributed by atoms with Gasteiger partial charge in [0.2, 0.25) is 0 Å². The molecule has 0 unspecified atom stereocenters. The summed E-state index contributed by atoms with van der Waals surface area (Å²) in [6, 6.07) is 11.9. The minimum atomic E-state index is -0.212. The van der Waals surface area contributed by atoms with Gasteiger partial charge in [-0.15, -0.1) is 0 Å². The average Bonchev–Trinajstić information content (AvgIpc) is 3.26. The number of carbonyl (C=O) groups is 1. The monoisotopic (exact) mass is 427 g/mol.